The van der Waals surface area contributed by atoms with Crippen LogP contribution in [0, 0.1) is 0 Å². The predicted octanol–water partition coefficient (Wildman–Crippen LogP) is 3.83. The zero-order valence-electron chi connectivity index (χ0n) is 19.1. The molecule has 0 aromatic heterocycles. The molecule has 31 heavy (non-hydrogen) atoms. The fraction of sp³-hybridized carbons (Fsp3) is 0.667. The van der Waals surface area contributed by atoms with Gasteiger partial charge < -0.3 is 19.9 Å². The Morgan fingerprint density at radius 3 is 2.48 bits per heavy atom. The highest BCUT2D eigenvalue weighted by molar-refractivity contribution is 5.95. The van der Waals surface area contributed by atoms with Gasteiger partial charge in [0.2, 0.25) is 0 Å². The van der Waals surface area contributed by atoms with E-state index in [0.717, 1.165) is 64.1 Å². The Labute approximate surface area is 187 Å². The van der Waals surface area contributed by atoms with Crippen molar-refractivity contribution in [1.82, 2.24) is 15.1 Å². The molecule has 1 aromatic rings. The summed E-state index contributed by atoms with van der Waals surface area (Å²) in [6, 6.07) is 9.08. The number of anilines is 1. The molecule has 1 aromatic carbocycles. The summed E-state index contributed by atoms with van der Waals surface area (Å²) in [6.07, 6.45) is 3.96. The summed E-state index contributed by atoms with van der Waals surface area (Å²) in [6.45, 7) is 10.7. The van der Waals surface area contributed by atoms with Crippen molar-refractivity contribution in [3.63, 3.8) is 0 Å². The minimum Gasteiger partial charge on any atom is -0.450 e. The van der Waals surface area contributed by atoms with E-state index >= 15 is 0 Å². The number of amides is 3. The number of hydrogen-bond donors (Lipinski definition) is 1. The minimum atomic E-state index is -0.180. The zero-order chi connectivity index (χ0) is 22.0. The Hall–Kier alpha value is -2.28. The fourth-order valence-electron chi connectivity index (χ4n) is 5.51. The number of urea groups is 1. The van der Waals surface area contributed by atoms with Crippen molar-refractivity contribution in [2.75, 3.05) is 44.2 Å². The van der Waals surface area contributed by atoms with Crippen molar-refractivity contribution in [3.8, 4) is 0 Å². The Bertz CT molecular complexity index is 802. The van der Waals surface area contributed by atoms with Gasteiger partial charge in [-0.1, -0.05) is 18.2 Å². The van der Waals surface area contributed by atoms with Gasteiger partial charge in [0.15, 0.2) is 0 Å². The molecule has 7 heteroatoms. The number of carbonyl (C=O) groups excluding carboxylic acids is 2. The van der Waals surface area contributed by atoms with Gasteiger partial charge in [-0.05, 0) is 71.2 Å². The van der Waals surface area contributed by atoms with Crippen molar-refractivity contribution in [1.29, 1.82) is 0 Å². The van der Waals surface area contributed by atoms with E-state index in [4.69, 9.17) is 4.74 Å². The molecule has 3 heterocycles. The first-order valence-corrected chi connectivity index (χ1v) is 11.8. The molecule has 0 saturated carbocycles. The smallest absolute Gasteiger partial charge is 0.409 e. The van der Waals surface area contributed by atoms with E-state index in [0.29, 0.717) is 12.6 Å². The Kier molecular flexibility index (Phi) is 6.42. The van der Waals surface area contributed by atoms with E-state index in [2.05, 4.69) is 28.4 Å². The van der Waals surface area contributed by atoms with Gasteiger partial charge in [0.1, 0.15) is 0 Å². The van der Waals surface area contributed by atoms with Gasteiger partial charge in [0, 0.05) is 44.2 Å². The second-order valence-corrected chi connectivity index (χ2v) is 9.44. The lowest BCUT2D eigenvalue weighted by Crippen LogP contribution is -2.53. The molecule has 3 aliphatic heterocycles. The number of nitrogens with one attached hydrogen (secondary N) is 1. The molecule has 0 unspecified atom stereocenters. The van der Waals surface area contributed by atoms with Gasteiger partial charge in [-0.3, -0.25) is 4.90 Å². The standard InChI is InChI=1S/C24H36N4O3.H2/c1-4-31-23(30)27-13-9-19(10-14-27)26-15-11-24(12-16-26)17-28(22(29)25-18(2)3)21-8-6-5-7-20(21)24;/h5-8,18-19H,4,9-17H2,1-3H3,(H,25,29);1H. The maximum Gasteiger partial charge on any atom is 0.409 e. The molecular formula is C24H38N4O3. The summed E-state index contributed by atoms with van der Waals surface area (Å²) >= 11 is 0. The molecule has 3 amide bonds. The Morgan fingerprint density at radius 1 is 1.16 bits per heavy atom. The van der Waals surface area contributed by atoms with E-state index in [9.17, 15) is 9.59 Å². The lowest BCUT2D eigenvalue weighted by atomic mass is 9.74. The summed E-state index contributed by atoms with van der Waals surface area (Å²) in [4.78, 5) is 31.2. The van der Waals surface area contributed by atoms with Gasteiger partial charge >= 0.3 is 12.1 Å². The predicted molar refractivity (Wildman–Crippen MR) is 124 cm³/mol. The number of carbonyl (C=O) groups is 2. The van der Waals surface area contributed by atoms with Crippen molar-refractivity contribution in [2.45, 2.75) is 64.0 Å². The third kappa shape index (κ3) is 4.38. The van der Waals surface area contributed by atoms with E-state index < -0.39 is 0 Å². The van der Waals surface area contributed by atoms with Crippen molar-refractivity contribution >= 4 is 17.8 Å². The van der Waals surface area contributed by atoms with Gasteiger partial charge in [0.25, 0.3) is 0 Å². The zero-order valence-corrected chi connectivity index (χ0v) is 19.1. The second-order valence-electron chi connectivity index (χ2n) is 9.44. The molecule has 7 nitrogen and oxygen atoms in total. The SMILES string of the molecule is CCOC(=O)N1CCC(N2CCC3(CC2)CN(C(=O)NC(C)C)c2ccccc23)CC1.[HH]. The van der Waals surface area contributed by atoms with Gasteiger partial charge in [-0.25, -0.2) is 9.59 Å². The highest BCUT2D eigenvalue weighted by Crippen LogP contribution is 2.47. The first-order valence-electron chi connectivity index (χ1n) is 11.8. The van der Waals surface area contributed by atoms with Crippen LogP contribution in [0.3, 0.4) is 0 Å². The first kappa shape index (κ1) is 21.9. The van der Waals surface area contributed by atoms with Gasteiger partial charge in [-0.15, -0.1) is 0 Å². The van der Waals surface area contributed by atoms with Crippen LogP contribution in [0.25, 0.3) is 0 Å². The summed E-state index contributed by atoms with van der Waals surface area (Å²) < 4.78 is 5.15. The van der Waals surface area contributed by atoms with E-state index in [1.165, 1.54) is 5.56 Å². The number of nitrogens with zero attached hydrogens (tertiary/aromatic N) is 3. The van der Waals surface area contributed by atoms with Gasteiger partial charge in [-0.2, -0.15) is 0 Å². The van der Waals surface area contributed by atoms with Gasteiger partial charge in [0.05, 0.1) is 6.61 Å². The summed E-state index contributed by atoms with van der Waals surface area (Å²) in [5.74, 6) is 0. The largest absolute Gasteiger partial charge is 0.450 e. The molecule has 1 spiro atoms. The highest BCUT2D eigenvalue weighted by atomic mass is 16.6. The number of rotatable bonds is 3. The highest BCUT2D eigenvalue weighted by Gasteiger charge is 2.47. The van der Waals surface area contributed by atoms with Crippen molar-refractivity contribution in [3.05, 3.63) is 29.8 Å². The summed E-state index contributed by atoms with van der Waals surface area (Å²) in [5, 5.41) is 3.06. The maximum absolute atomic E-state index is 12.9. The summed E-state index contributed by atoms with van der Waals surface area (Å²) in [7, 11) is 0. The average Bonchev–Trinajstić information content (AvgIpc) is 3.09. The fourth-order valence-corrected chi connectivity index (χ4v) is 5.51. The number of likely N-dealkylation sites (tertiary alicyclic amines) is 2. The normalized spacial score (nSPS) is 21.4. The molecule has 0 aliphatic carbocycles. The van der Waals surface area contributed by atoms with Crippen LogP contribution in [0.5, 0.6) is 0 Å². The first-order chi connectivity index (χ1) is 14.9. The third-order valence-electron chi connectivity index (χ3n) is 7.15. The van der Waals surface area contributed by atoms with Crippen LogP contribution >= 0.6 is 0 Å². The number of benzene rings is 1. The molecule has 0 radical (unpaired) electrons. The van der Waals surface area contributed by atoms with Crippen LogP contribution in [0.15, 0.2) is 24.3 Å². The lowest BCUT2D eigenvalue weighted by molar-refractivity contribution is 0.0580. The average molecular weight is 431 g/mol. The van der Waals surface area contributed by atoms with Crippen LogP contribution in [-0.4, -0.2) is 73.3 Å². The molecule has 3 aliphatic rings. The van der Waals surface area contributed by atoms with E-state index in [1.807, 2.05) is 36.6 Å². The Balaban J connectivity index is 0.00000289. The number of piperidine rings is 2. The monoisotopic (exact) mass is 430 g/mol. The number of hydrogen-bond acceptors (Lipinski definition) is 4. The van der Waals surface area contributed by atoms with Crippen LogP contribution in [0.4, 0.5) is 15.3 Å². The van der Waals surface area contributed by atoms with Crippen LogP contribution < -0.4 is 10.2 Å². The molecule has 172 valence electrons. The number of ether oxygens (including phenoxy) is 1. The van der Waals surface area contributed by atoms with Crippen LogP contribution in [0.1, 0.15) is 53.4 Å². The number of fused-ring (bicyclic) bond motifs is 2. The maximum atomic E-state index is 12.9. The summed E-state index contributed by atoms with van der Waals surface area (Å²) in [5.41, 5.74) is 2.44. The minimum absolute atomic E-state index is 0. The van der Waals surface area contributed by atoms with Crippen LogP contribution in [0.2, 0.25) is 0 Å². The molecule has 0 bridgehead atoms. The Morgan fingerprint density at radius 2 is 1.84 bits per heavy atom. The second kappa shape index (κ2) is 9.07. The van der Waals surface area contributed by atoms with Crippen LogP contribution in [-0.2, 0) is 10.2 Å². The van der Waals surface area contributed by atoms with E-state index in [-0.39, 0.29) is 25.0 Å². The van der Waals surface area contributed by atoms with E-state index in [1.54, 1.807) is 0 Å². The molecule has 0 atom stereocenters. The molecule has 4 rings (SSSR count). The molecule has 2 fully saturated rings. The molecular weight excluding hydrogens is 392 g/mol. The number of para-hydroxylation sites is 1. The quantitative estimate of drug-likeness (QED) is 0.792. The topological polar surface area (TPSA) is 65.1 Å². The molecule has 1 N–H and O–H groups in total. The van der Waals surface area contributed by atoms with Crippen molar-refractivity contribution < 1.29 is 15.8 Å². The molecule has 2 saturated heterocycles. The lowest BCUT2D eigenvalue weighted by Gasteiger charge is -2.45. The third-order valence-corrected chi connectivity index (χ3v) is 7.15. The van der Waals surface area contributed by atoms with Crippen molar-refractivity contribution in [2.24, 2.45) is 0 Å².